The molecule has 0 N–H and O–H groups in total. The third-order valence-electron chi connectivity index (χ3n) is 1.14. The fourth-order valence-corrected chi connectivity index (χ4v) is 3.38. The Hall–Kier alpha value is 0.700. The zero-order valence-corrected chi connectivity index (χ0v) is 9.94. The van der Waals surface area contributed by atoms with Crippen molar-refractivity contribution in [3.8, 4) is 0 Å². The predicted octanol–water partition coefficient (Wildman–Crippen LogP) is 2.15. The van der Waals surface area contributed by atoms with Crippen LogP contribution in [0.15, 0.2) is 0 Å². The Labute approximate surface area is 68.5 Å². The Morgan fingerprint density at radius 3 is 2.33 bits per heavy atom. The molecule has 0 fully saturated rings. The Morgan fingerprint density at radius 1 is 1.22 bits per heavy atom. The third kappa shape index (κ3) is 8.70. The van der Waals surface area contributed by atoms with E-state index in [0.29, 0.717) is 0 Å². The summed E-state index contributed by atoms with van der Waals surface area (Å²) in [5.74, 6) is 0. The van der Waals surface area contributed by atoms with Gasteiger partial charge in [0.25, 0.3) is 0 Å². The Morgan fingerprint density at radius 2 is 1.89 bits per heavy atom. The summed E-state index contributed by atoms with van der Waals surface area (Å²) in [6.45, 7) is 2.27. The summed E-state index contributed by atoms with van der Waals surface area (Å²) < 4.78 is 3.97. The number of hydrogen-bond donors (Lipinski definition) is 0. The van der Waals surface area contributed by atoms with Gasteiger partial charge in [-0.15, -0.1) is 0 Å². The fourth-order valence-electron chi connectivity index (χ4n) is 0.633. The molecule has 0 aromatic carbocycles. The molecule has 9 heavy (non-hydrogen) atoms. The van der Waals surface area contributed by atoms with E-state index in [0.717, 1.165) is 0 Å². The van der Waals surface area contributed by atoms with Gasteiger partial charge in [0.1, 0.15) is 0 Å². The number of unbranched alkanes of at least 4 members (excludes halogenated alkanes) is 2. The van der Waals surface area contributed by atoms with Crippen LogP contribution >= 0.6 is 0 Å². The Bertz CT molecular complexity index is 54.9. The third-order valence-corrected chi connectivity index (χ3v) is 5.03. The molecule has 0 aliphatic rings. The summed E-state index contributed by atoms with van der Waals surface area (Å²) in [5.41, 5.74) is 0. The van der Waals surface area contributed by atoms with Crippen molar-refractivity contribution in [3.05, 3.63) is 0 Å². The van der Waals surface area contributed by atoms with Crippen molar-refractivity contribution < 1.29 is 20.0 Å². The van der Waals surface area contributed by atoms with Gasteiger partial charge in [-0.2, -0.15) is 0 Å². The van der Waals surface area contributed by atoms with Crippen LogP contribution < -0.4 is 0 Å². The molecular formula is C7H17NTa. The zero-order valence-electron chi connectivity index (χ0n) is 6.72. The molecule has 0 saturated carbocycles. The van der Waals surface area contributed by atoms with Crippen LogP contribution in [-0.4, -0.2) is 17.4 Å². The molecule has 0 saturated heterocycles. The number of hydrogen-bond acceptors (Lipinski definition) is 1. The summed E-state index contributed by atoms with van der Waals surface area (Å²) >= 11 is -0.168. The normalized spacial score (nSPS) is 10.2. The topological polar surface area (TPSA) is 3.24 Å². The van der Waals surface area contributed by atoms with E-state index in [1.807, 2.05) is 0 Å². The number of rotatable bonds is 5. The molecule has 0 aromatic heterocycles. The van der Waals surface area contributed by atoms with Crippen LogP contribution in [0.4, 0.5) is 0 Å². The molecule has 0 rings (SSSR count). The first kappa shape index (κ1) is 9.70. The van der Waals surface area contributed by atoms with Gasteiger partial charge in [0, 0.05) is 0 Å². The van der Waals surface area contributed by atoms with Crippen molar-refractivity contribution in [1.82, 2.24) is 3.30 Å². The predicted molar refractivity (Wildman–Crippen MR) is 38.0 cm³/mol. The SMILES string of the molecule is CCCC[CH2][Ta][N](C)C. The molecule has 0 spiro atoms. The molecule has 0 unspecified atom stereocenters. The van der Waals surface area contributed by atoms with Crippen molar-refractivity contribution in [1.29, 1.82) is 0 Å². The van der Waals surface area contributed by atoms with Crippen LogP contribution in [0.1, 0.15) is 26.2 Å². The van der Waals surface area contributed by atoms with E-state index in [1.54, 1.807) is 4.64 Å². The molecule has 0 aromatic rings. The molecule has 0 amide bonds. The van der Waals surface area contributed by atoms with Gasteiger partial charge in [0.15, 0.2) is 0 Å². The van der Waals surface area contributed by atoms with Crippen LogP contribution in [0.25, 0.3) is 0 Å². The van der Waals surface area contributed by atoms with Crippen LogP contribution in [0.5, 0.6) is 0 Å². The molecular weight excluding hydrogens is 279 g/mol. The molecule has 2 heteroatoms. The van der Waals surface area contributed by atoms with E-state index >= 15 is 0 Å². The molecule has 0 atom stereocenters. The molecule has 55 valence electrons. The standard InChI is InChI=1S/C5H11.C2H6N.Ta/c1-3-5-4-2;1-3-2;/h1,3-5H2,2H3;1-2H3;/q;-1;+1. The maximum absolute atomic E-state index is 2.43. The summed E-state index contributed by atoms with van der Waals surface area (Å²) in [6, 6.07) is 0. The van der Waals surface area contributed by atoms with Gasteiger partial charge in [0.2, 0.25) is 0 Å². The minimum absolute atomic E-state index is 0.168. The molecule has 0 aliphatic heterocycles. The van der Waals surface area contributed by atoms with Crippen molar-refractivity contribution in [3.63, 3.8) is 0 Å². The number of nitrogens with zero attached hydrogens (tertiary/aromatic N) is 1. The van der Waals surface area contributed by atoms with E-state index < -0.39 is 0 Å². The van der Waals surface area contributed by atoms with Crippen molar-refractivity contribution >= 4 is 0 Å². The van der Waals surface area contributed by atoms with Gasteiger partial charge in [-0.1, -0.05) is 0 Å². The Kier molecular flexibility index (Phi) is 7.35. The molecule has 1 nitrogen and oxygen atoms in total. The second-order valence-electron chi connectivity index (χ2n) is 2.42. The summed E-state index contributed by atoms with van der Waals surface area (Å²) in [6.07, 6.45) is 4.29. The summed E-state index contributed by atoms with van der Waals surface area (Å²) in [7, 11) is 4.42. The average Bonchev–Trinajstić information content (AvgIpc) is 1.80. The van der Waals surface area contributed by atoms with Gasteiger partial charge in [-0.25, -0.2) is 0 Å². The molecule has 0 radical (unpaired) electrons. The monoisotopic (exact) mass is 296 g/mol. The Balaban J connectivity index is 2.75. The van der Waals surface area contributed by atoms with Gasteiger partial charge in [-0.05, 0) is 0 Å². The fraction of sp³-hybridized carbons (Fsp3) is 1.00. The maximum atomic E-state index is 2.43. The molecule has 0 aliphatic carbocycles. The quantitative estimate of drug-likeness (QED) is 0.703. The minimum atomic E-state index is -0.168. The van der Waals surface area contributed by atoms with E-state index in [2.05, 4.69) is 24.3 Å². The van der Waals surface area contributed by atoms with Crippen molar-refractivity contribution in [2.24, 2.45) is 0 Å². The summed E-state index contributed by atoms with van der Waals surface area (Å²) in [5, 5.41) is 0. The summed E-state index contributed by atoms with van der Waals surface area (Å²) in [4.78, 5) is 0. The van der Waals surface area contributed by atoms with Gasteiger partial charge in [0.05, 0.1) is 0 Å². The van der Waals surface area contributed by atoms with Crippen molar-refractivity contribution in [2.45, 2.75) is 30.8 Å². The van der Waals surface area contributed by atoms with Crippen molar-refractivity contribution in [2.75, 3.05) is 14.1 Å². The zero-order chi connectivity index (χ0) is 7.11. The van der Waals surface area contributed by atoms with Crippen LogP contribution in [0.3, 0.4) is 0 Å². The first-order valence-electron chi connectivity index (χ1n) is 3.62. The second kappa shape index (κ2) is 6.82. The molecule has 0 bridgehead atoms. The van der Waals surface area contributed by atoms with E-state index in [4.69, 9.17) is 0 Å². The van der Waals surface area contributed by atoms with Crippen LogP contribution in [-0.2, 0) is 20.0 Å². The first-order chi connectivity index (χ1) is 4.27. The van der Waals surface area contributed by atoms with Gasteiger partial charge < -0.3 is 0 Å². The van der Waals surface area contributed by atoms with E-state index in [-0.39, 0.29) is 20.0 Å². The first-order valence-corrected chi connectivity index (χ1v) is 7.33. The van der Waals surface area contributed by atoms with Gasteiger partial charge >= 0.3 is 68.2 Å². The molecule has 0 heterocycles. The second-order valence-corrected chi connectivity index (χ2v) is 7.92. The van der Waals surface area contributed by atoms with E-state index in [1.165, 1.54) is 19.3 Å². The van der Waals surface area contributed by atoms with Crippen LogP contribution in [0, 0.1) is 0 Å². The van der Waals surface area contributed by atoms with Crippen LogP contribution in [0.2, 0.25) is 4.64 Å². The average molecular weight is 296 g/mol. The van der Waals surface area contributed by atoms with Gasteiger partial charge in [-0.3, -0.25) is 0 Å². The van der Waals surface area contributed by atoms with E-state index in [9.17, 15) is 0 Å².